The first-order chi connectivity index (χ1) is 29.3. The summed E-state index contributed by atoms with van der Waals surface area (Å²) in [4.78, 5) is 37.6. The molecular formula is C50H84NO9P. The zero-order valence-corrected chi connectivity index (χ0v) is 39.6. The Hall–Kier alpha value is -3.11. The molecule has 0 aliphatic heterocycles. The maximum atomic E-state index is 12.7. The van der Waals surface area contributed by atoms with Crippen LogP contribution in [-0.4, -0.2) is 81.2 Å². The molecule has 0 bridgehead atoms. The van der Waals surface area contributed by atoms with Crippen LogP contribution < -0.4 is 4.89 Å². The lowest BCUT2D eigenvalue weighted by Crippen LogP contribution is -2.37. The van der Waals surface area contributed by atoms with Crippen molar-refractivity contribution in [3.05, 3.63) is 97.2 Å². The molecule has 0 spiro atoms. The number of aliphatic hydroxyl groups is 1. The van der Waals surface area contributed by atoms with E-state index < -0.39 is 32.5 Å². The number of allylic oxidation sites excluding steroid dienone is 16. The Morgan fingerprint density at radius 3 is 1.51 bits per heavy atom. The SMILES string of the molecule is CCCCC/C=C\C/C=C\C/C=C\C/C=C\CCCCCC(=O)OC[C@H](COP(=O)([O-])OCC[N+](C)(C)C)OC(=O)CCC/C=C\C/C=C\C/C=C\C/C=C\CCC[C@H](C)O. The minimum absolute atomic E-state index is 0.0579. The Labute approximate surface area is 371 Å². The number of phosphoric ester groups is 1. The van der Waals surface area contributed by atoms with Gasteiger partial charge in [-0.15, -0.1) is 0 Å². The fourth-order valence-corrected chi connectivity index (χ4v) is 6.20. The number of carbonyl (C=O) groups excluding carboxylic acids is 2. The molecule has 0 aromatic carbocycles. The van der Waals surface area contributed by atoms with E-state index >= 15 is 0 Å². The molecular weight excluding hydrogens is 790 g/mol. The van der Waals surface area contributed by atoms with Gasteiger partial charge in [-0.2, -0.15) is 0 Å². The average molecular weight is 874 g/mol. The minimum atomic E-state index is -4.66. The molecule has 0 heterocycles. The van der Waals surface area contributed by atoms with Crippen LogP contribution in [0.5, 0.6) is 0 Å². The van der Waals surface area contributed by atoms with Crippen molar-refractivity contribution >= 4 is 19.8 Å². The number of esters is 2. The van der Waals surface area contributed by atoms with Crippen molar-refractivity contribution in [2.24, 2.45) is 0 Å². The summed E-state index contributed by atoms with van der Waals surface area (Å²) in [5.74, 6) is -0.963. The van der Waals surface area contributed by atoms with Crippen LogP contribution in [0.2, 0.25) is 0 Å². The van der Waals surface area contributed by atoms with Gasteiger partial charge in [-0.3, -0.25) is 14.2 Å². The quantitative estimate of drug-likeness (QED) is 0.0210. The highest BCUT2D eigenvalue weighted by molar-refractivity contribution is 7.45. The number of unbranched alkanes of at least 4 members (excludes halogenated alkanes) is 8. The first-order valence-electron chi connectivity index (χ1n) is 23.0. The van der Waals surface area contributed by atoms with E-state index in [0.717, 1.165) is 77.0 Å². The number of carbonyl (C=O) groups is 2. The van der Waals surface area contributed by atoms with E-state index in [0.29, 0.717) is 30.3 Å². The number of hydrogen-bond donors (Lipinski definition) is 1. The number of likely N-dealkylation sites (N-methyl/N-ethyl adjacent to an activating group) is 1. The Bertz CT molecular complexity index is 1370. The first-order valence-corrected chi connectivity index (χ1v) is 24.4. The molecule has 0 aliphatic carbocycles. The van der Waals surface area contributed by atoms with Crippen molar-refractivity contribution in [3.8, 4) is 0 Å². The molecule has 0 amide bonds. The molecule has 0 saturated heterocycles. The van der Waals surface area contributed by atoms with Crippen LogP contribution in [0.3, 0.4) is 0 Å². The second kappa shape index (κ2) is 40.9. The molecule has 0 aromatic rings. The number of quaternary nitrogens is 1. The van der Waals surface area contributed by atoms with Gasteiger partial charge in [-0.25, -0.2) is 0 Å². The summed E-state index contributed by atoms with van der Waals surface area (Å²) in [7, 11) is 1.07. The van der Waals surface area contributed by atoms with Crippen LogP contribution in [0.1, 0.15) is 149 Å². The van der Waals surface area contributed by atoms with Crippen molar-refractivity contribution in [1.82, 2.24) is 0 Å². The Morgan fingerprint density at radius 1 is 0.590 bits per heavy atom. The Kier molecular flexibility index (Phi) is 38.8. The predicted octanol–water partition coefficient (Wildman–Crippen LogP) is 11.7. The summed E-state index contributed by atoms with van der Waals surface area (Å²) in [5, 5.41) is 9.28. The van der Waals surface area contributed by atoms with Crippen molar-refractivity contribution < 1.29 is 47.2 Å². The fraction of sp³-hybridized carbons (Fsp3) is 0.640. The summed E-state index contributed by atoms with van der Waals surface area (Å²) in [6.45, 7) is 3.61. The third-order valence-corrected chi connectivity index (χ3v) is 10.1. The normalized spacial score (nSPS) is 14.9. The van der Waals surface area contributed by atoms with E-state index in [4.69, 9.17) is 18.5 Å². The number of aliphatic hydroxyl groups excluding tert-OH is 1. The van der Waals surface area contributed by atoms with Crippen LogP contribution in [0, 0.1) is 0 Å². The van der Waals surface area contributed by atoms with Gasteiger partial charge >= 0.3 is 11.9 Å². The van der Waals surface area contributed by atoms with Gasteiger partial charge in [0, 0.05) is 12.8 Å². The number of ether oxygens (including phenoxy) is 2. The first kappa shape index (κ1) is 57.9. The third-order valence-electron chi connectivity index (χ3n) is 9.10. The average Bonchev–Trinajstić information content (AvgIpc) is 3.20. The van der Waals surface area contributed by atoms with E-state index in [2.05, 4.69) is 92.0 Å². The second-order valence-corrected chi connectivity index (χ2v) is 17.7. The molecule has 0 radical (unpaired) electrons. The van der Waals surface area contributed by atoms with E-state index in [9.17, 15) is 24.2 Å². The summed E-state index contributed by atoms with van der Waals surface area (Å²) in [5.41, 5.74) is 0. The third kappa shape index (κ3) is 46.2. The summed E-state index contributed by atoms with van der Waals surface area (Å²) in [6.07, 6.45) is 51.4. The van der Waals surface area contributed by atoms with Crippen molar-refractivity contribution in [1.29, 1.82) is 0 Å². The van der Waals surface area contributed by atoms with Crippen molar-refractivity contribution in [2.75, 3.05) is 47.5 Å². The molecule has 10 nitrogen and oxygen atoms in total. The lowest BCUT2D eigenvalue weighted by atomic mass is 10.1. The van der Waals surface area contributed by atoms with Crippen LogP contribution in [0.15, 0.2) is 97.2 Å². The fourth-order valence-electron chi connectivity index (χ4n) is 5.47. The number of hydrogen-bond acceptors (Lipinski definition) is 9. The predicted molar refractivity (Wildman–Crippen MR) is 251 cm³/mol. The Balaban J connectivity index is 4.51. The molecule has 3 atom stereocenters. The maximum absolute atomic E-state index is 12.7. The van der Waals surface area contributed by atoms with Gasteiger partial charge < -0.3 is 33.0 Å². The molecule has 0 aliphatic rings. The topological polar surface area (TPSA) is 131 Å². The van der Waals surface area contributed by atoms with Gasteiger partial charge in [0.25, 0.3) is 7.82 Å². The molecule has 1 N–H and O–H groups in total. The van der Waals surface area contributed by atoms with Crippen LogP contribution in [0.25, 0.3) is 0 Å². The van der Waals surface area contributed by atoms with E-state index in [1.807, 2.05) is 40.2 Å². The molecule has 0 aromatic heterocycles. The zero-order valence-electron chi connectivity index (χ0n) is 38.7. The van der Waals surface area contributed by atoms with Gasteiger partial charge in [0.15, 0.2) is 6.10 Å². The lowest BCUT2D eigenvalue weighted by molar-refractivity contribution is -0.870. The van der Waals surface area contributed by atoms with E-state index in [1.54, 1.807) is 0 Å². The van der Waals surface area contributed by atoms with Crippen molar-refractivity contribution in [3.63, 3.8) is 0 Å². The minimum Gasteiger partial charge on any atom is -0.756 e. The molecule has 0 saturated carbocycles. The molecule has 61 heavy (non-hydrogen) atoms. The number of rotatable bonds is 40. The van der Waals surface area contributed by atoms with E-state index in [-0.39, 0.29) is 32.2 Å². The van der Waals surface area contributed by atoms with Crippen molar-refractivity contribution in [2.45, 2.75) is 161 Å². The van der Waals surface area contributed by atoms with Gasteiger partial charge in [0.1, 0.15) is 19.8 Å². The highest BCUT2D eigenvalue weighted by atomic mass is 31.2. The van der Waals surface area contributed by atoms with Crippen LogP contribution >= 0.6 is 7.82 Å². The second-order valence-electron chi connectivity index (χ2n) is 16.3. The molecule has 1 unspecified atom stereocenters. The molecule has 348 valence electrons. The van der Waals surface area contributed by atoms with Gasteiger partial charge in [0.2, 0.25) is 0 Å². The molecule has 0 rings (SSSR count). The molecule has 0 fully saturated rings. The summed E-state index contributed by atoms with van der Waals surface area (Å²) < 4.78 is 33.8. The maximum Gasteiger partial charge on any atom is 0.306 e. The zero-order chi connectivity index (χ0) is 45.1. The number of phosphoric acid groups is 1. The largest absolute Gasteiger partial charge is 0.756 e. The highest BCUT2D eigenvalue weighted by Crippen LogP contribution is 2.38. The lowest BCUT2D eigenvalue weighted by Gasteiger charge is -2.28. The smallest absolute Gasteiger partial charge is 0.306 e. The summed E-state index contributed by atoms with van der Waals surface area (Å²) in [6, 6.07) is 0. The van der Waals surface area contributed by atoms with Gasteiger partial charge in [-0.05, 0) is 110 Å². The Morgan fingerprint density at radius 2 is 1.03 bits per heavy atom. The van der Waals surface area contributed by atoms with Gasteiger partial charge in [-0.1, -0.05) is 123 Å². The monoisotopic (exact) mass is 874 g/mol. The number of nitrogens with zero attached hydrogens (tertiary/aromatic N) is 1. The van der Waals surface area contributed by atoms with Gasteiger partial charge in [0.05, 0.1) is 33.9 Å². The summed E-state index contributed by atoms with van der Waals surface area (Å²) >= 11 is 0. The highest BCUT2D eigenvalue weighted by Gasteiger charge is 2.21. The standard InChI is InChI=1S/C50H84NO9P/c1-6-7-8-9-10-11-12-13-14-15-16-17-20-23-26-29-32-35-38-41-49(53)57-45-48(46-59-61(55,56)58-44-43-51(3,4)5)60-50(54)42-39-36-33-30-27-24-21-18-19-22-25-28-31-34-37-40-47(2)52/h10-11,13-14,16-17,19,21-24,26,28,30-31,33,47-48,52H,6-9,12,15,18,20,25,27,29,32,34-46H2,1-5H3/b11-10-,14-13-,17-16-,22-19-,24-21-,26-23-,31-28-,33-30-/t47-,48+/m0/s1. The van der Waals surface area contributed by atoms with Crippen LogP contribution in [-0.2, 0) is 32.7 Å². The molecule has 11 heteroatoms. The van der Waals surface area contributed by atoms with Crippen LogP contribution in [0.4, 0.5) is 0 Å². The van der Waals surface area contributed by atoms with E-state index in [1.165, 1.54) is 25.7 Å².